The molecule has 16 heavy (non-hydrogen) atoms. The Bertz CT molecular complexity index is 318. The Balaban J connectivity index is 1.84. The van der Waals surface area contributed by atoms with Crippen LogP contribution in [0.25, 0.3) is 0 Å². The summed E-state index contributed by atoms with van der Waals surface area (Å²) in [4.78, 5) is 2.45. The summed E-state index contributed by atoms with van der Waals surface area (Å²) in [5.74, 6) is 0.924. The molecule has 0 aliphatic carbocycles. The molecule has 0 atom stereocenters. The van der Waals surface area contributed by atoms with Crippen molar-refractivity contribution in [3.05, 3.63) is 23.0 Å². The van der Waals surface area contributed by atoms with Gasteiger partial charge in [-0.25, -0.2) is 0 Å². The van der Waals surface area contributed by atoms with Crippen molar-refractivity contribution in [3.8, 4) is 0 Å². The van der Waals surface area contributed by atoms with Crippen molar-refractivity contribution < 1.29 is 0 Å². The van der Waals surface area contributed by atoms with E-state index in [4.69, 9.17) is 11.6 Å². The van der Waals surface area contributed by atoms with Gasteiger partial charge in [-0.05, 0) is 44.0 Å². The van der Waals surface area contributed by atoms with E-state index >= 15 is 0 Å². The van der Waals surface area contributed by atoms with Gasteiger partial charge in [0, 0.05) is 6.54 Å². The molecule has 88 valence electrons. The highest BCUT2D eigenvalue weighted by Crippen LogP contribution is 2.20. The summed E-state index contributed by atoms with van der Waals surface area (Å²) in [5.41, 5.74) is 1.01. The van der Waals surface area contributed by atoms with E-state index in [2.05, 4.69) is 22.0 Å². The Labute approximate surface area is 102 Å². The first-order valence-electron chi connectivity index (χ1n) is 5.98. The van der Waals surface area contributed by atoms with Gasteiger partial charge in [-0.3, -0.25) is 4.90 Å². The van der Waals surface area contributed by atoms with Gasteiger partial charge in [0.2, 0.25) is 0 Å². The van der Waals surface area contributed by atoms with E-state index in [9.17, 15) is 0 Å². The zero-order valence-corrected chi connectivity index (χ0v) is 10.5. The van der Waals surface area contributed by atoms with Gasteiger partial charge in [-0.1, -0.05) is 24.9 Å². The predicted octanol–water partition coefficient (Wildman–Crippen LogP) is 2.75. The monoisotopic (exact) mass is 239 g/mol. The zero-order valence-electron chi connectivity index (χ0n) is 9.69. The molecule has 4 heteroatoms. The molecule has 0 saturated carbocycles. The third kappa shape index (κ3) is 3.16. The number of aromatic nitrogens is 2. The molecule has 0 amide bonds. The SMILES string of the molecule is CCC1CCN(Cc2ccc(Cl)nn2)CC1. The fraction of sp³-hybridized carbons (Fsp3) is 0.667. The lowest BCUT2D eigenvalue weighted by molar-refractivity contribution is 0.173. The largest absolute Gasteiger partial charge is 0.297 e. The Hall–Kier alpha value is -0.670. The van der Waals surface area contributed by atoms with E-state index < -0.39 is 0 Å². The van der Waals surface area contributed by atoms with Gasteiger partial charge in [0.25, 0.3) is 0 Å². The molecule has 1 saturated heterocycles. The first-order chi connectivity index (χ1) is 7.78. The van der Waals surface area contributed by atoms with Gasteiger partial charge < -0.3 is 0 Å². The third-order valence-electron chi connectivity index (χ3n) is 3.36. The van der Waals surface area contributed by atoms with Crippen molar-refractivity contribution >= 4 is 11.6 Å². The van der Waals surface area contributed by atoms with Crippen LogP contribution in [0.4, 0.5) is 0 Å². The van der Waals surface area contributed by atoms with Crippen molar-refractivity contribution in [2.45, 2.75) is 32.7 Å². The molecule has 0 unspecified atom stereocenters. The number of piperidine rings is 1. The van der Waals surface area contributed by atoms with E-state index in [1.165, 1.54) is 32.4 Å². The van der Waals surface area contributed by atoms with E-state index in [0.717, 1.165) is 18.2 Å². The van der Waals surface area contributed by atoms with Crippen molar-refractivity contribution in [1.29, 1.82) is 0 Å². The Morgan fingerprint density at radius 1 is 1.31 bits per heavy atom. The minimum atomic E-state index is 0.466. The van der Waals surface area contributed by atoms with Gasteiger partial charge >= 0.3 is 0 Å². The molecule has 1 aromatic rings. The van der Waals surface area contributed by atoms with Crippen LogP contribution in [0.1, 0.15) is 31.9 Å². The zero-order chi connectivity index (χ0) is 11.4. The van der Waals surface area contributed by atoms with Gasteiger partial charge in [-0.15, -0.1) is 5.10 Å². The second-order valence-electron chi connectivity index (χ2n) is 4.48. The molecule has 0 radical (unpaired) electrons. The van der Waals surface area contributed by atoms with Gasteiger partial charge in [-0.2, -0.15) is 5.10 Å². The molecule has 1 aromatic heterocycles. The second kappa shape index (κ2) is 5.60. The molecule has 1 fully saturated rings. The molecule has 0 bridgehead atoms. The number of hydrogen-bond acceptors (Lipinski definition) is 3. The normalized spacial score (nSPS) is 18.9. The van der Waals surface area contributed by atoms with Crippen LogP contribution >= 0.6 is 11.6 Å². The third-order valence-corrected chi connectivity index (χ3v) is 3.56. The number of rotatable bonds is 3. The van der Waals surface area contributed by atoms with E-state index in [1.54, 1.807) is 0 Å². The summed E-state index contributed by atoms with van der Waals surface area (Å²) in [6, 6.07) is 3.77. The highest BCUT2D eigenvalue weighted by atomic mass is 35.5. The van der Waals surface area contributed by atoms with Crippen LogP contribution in [-0.2, 0) is 6.54 Å². The molecule has 2 rings (SSSR count). The first kappa shape index (κ1) is 11.8. The van der Waals surface area contributed by atoms with Gasteiger partial charge in [0.1, 0.15) is 0 Å². The molecule has 1 aliphatic rings. The first-order valence-corrected chi connectivity index (χ1v) is 6.36. The molecular formula is C12H18ClN3. The van der Waals surface area contributed by atoms with Crippen LogP contribution in [-0.4, -0.2) is 28.2 Å². The number of hydrogen-bond donors (Lipinski definition) is 0. The van der Waals surface area contributed by atoms with Crippen molar-refractivity contribution in [3.63, 3.8) is 0 Å². The maximum atomic E-state index is 5.71. The topological polar surface area (TPSA) is 29.0 Å². The highest BCUT2D eigenvalue weighted by Gasteiger charge is 2.17. The van der Waals surface area contributed by atoms with Crippen LogP contribution < -0.4 is 0 Å². The summed E-state index contributed by atoms with van der Waals surface area (Å²) >= 11 is 5.71. The molecule has 2 heterocycles. The standard InChI is InChI=1S/C12H18ClN3/c1-2-10-5-7-16(8-6-10)9-11-3-4-12(13)15-14-11/h3-4,10H,2,5-9H2,1H3. The highest BCUT2D eigenvalue weighted by molar-refractivity contribution is 6.29. The van der Waals surface area contributed by atoms with Crippen LogP contribution in [0.5, 0.6) is 0 Å². The Kier molecular flexibility index (Phi) is 4.13. The van der Waals surface area contributed by atoms with Crippen molar-refractivity contribution in [2.75, 3.05) is 13.1 Å². The summed E-state index contributed by atoms with van der Waals surface area (Å²) < 4.78 is 0. The average Bonchev–Trinajstić information content (AvgIpc) is 2.33. The Morgan fingerprint density at radius 2 is 2.06 bits per heavy atom. The lowest BCUT2D eigenvalue weighted by atomic mass is 9.94. The number of likely N-dealkylation sites (tertiary alicyclic amines) is 1. The van der Waals surface area contributed by atoms with Crippen molar-refractivity contribution in [2.24, 2.45) is 5.92 Å². The summed E-state index contributed by atoms with van der Waals surface area (Å²) in [6.07, 6.45) is 3.95. The summed E-state index contributed by atoms with van der Waals surface area (Å²) in [7, 11) is 0. The Morgan fingerprint density at radius 3 is 2.62 bits per heavy atom. The fourth-order valence-corrected chi connectivity index (χ4v) is 2.31. The summed E-state index contributed by atoms with van der Waals surface area (Å²) in [5, 5.41) is 8.42. The van der Waals surface area contributed by atoms with E-state index in [-0.39, 0.29) is 0 Å². The van der Waals surface area contributed by atoms with Crippen LogP contribution in [0.2, 0.25) is 5.15 Å². The molecule has 0 aromatic carbocycles. The number of nitrogens with zero attached hydrogens (tertiary/aromatic N) is 3. The van der Waals surface area contributed by atoms with Crippen molar-refractivity contribution in [1.82, 2.24) is 15.1 Å². The van der Waals surface area contributed by atoms with Gasteiger partial charge in [0.15, 0.2) is 5.15 Å². The minimum absolute atomic E-state index is 0.466. The molecule has 0 N–H and O–H groups in total. The maximum absolute atomic E-state index is 5.71. The average molecular weight is 240 g/mol. The lowest BCUT2D eigenvalue weighted by Gasteiger charge is -2.30. The van der Waals surface area contributed by atoms with E-state index in [1.807, 2.05) is 12.1 Å². The molecule has 1 aliphatic heterocycles. The quantitative estimate of drug-likeness (QED) is 0.812. The van der Waals surface area contributed by atoms with Crippen LogP contribution in [0, 0.1) is 5.92 Å². The maximum Gasteiger partial charge on any atom is 0.151 e. The fourth-order valence-electron chi connectivity index (χ4n) is 2.21. The predicted molar refractivity (Wildman–Crippen MR) is 65.3 cm³/mol. The van der Waals surface area contributed by atoms with E-state index in [0.29, 0.717) is 5.15 Å². The molecular weight excluding hydrogens is 222 g/mol. The second-order valence-corrected chi connectivity index (χ2v) is 4.86. The molecule has 3 nitrogen and oxygen atoms in total. The summed E-state index contributed by atoms with van der Waals surface area (Å²) in [6.45, 7) is 5.55. The molecule has 0 spiro atoms. The lowest BCUT2D eigenvalue weighted by Crippen LogP contribution is -2.33. The number of halogens is 1. The van der Waals surface area contributed by atoms with Gasteiger partial charge in [0.05, 0.1) is 5.69 Å². The van der Waals surface area contributed by atoms with Crippen LogP contribution in [0.3, 0.4) is 0 Å². The van der Waals surface area contributed by atoms with Crippen LogP contribution in [0.15, 0.2) is 12.1 Å². The minimum Gasteiger partial charge on any atom is -0.297 e. The smallest absolute Gasteiger partial charge is 0.151 e.